The second-order valence-corrected chi connectivity index (χ2v) is 14.0. The van der Waals surface area contributed by atoms with Gasteiger partial charge in [0.2, 0.25) is 0 Å². The lowest BCUT2D eigenvalue weighted by atomic mass is 9.64. The van der Waals surface area contributed by atoms with Gasteiger partial charge < -0.3 is 14.2 Å². The van der Waals surface area contributed by atoms with Gasteiger partial charge in [0.05, 0.1) is 16.3 Å². The van der Waals surface area contributed by atoms with Crippen LogP contribution in [0.1, 0.15) is 33.6 Å². The van der Waals surface area contributed by atoms with Gasteiger partial charge in [-0.05, 0) is 75.2 Å². The lowest BCUT2D eigenvalue weighted by molar-refractivity contribution is -0.204. The Morgan fingerprint density at radius 2 is 1.54 bits per heavy atom. The van der Waals surface area contributed by atoms with E-state index in [1.165, 1.54) is 14.7 Å². The number of hydrogen-bond donors (Lipinski definition) is 0. The molecular formula is C33H33O5S+. The van der Waals surface area contributed by atoms with Crippen LogP contribution in [0.2, 0.25) is 0 Å². The lowest BCUT2D eigenvalue weighted by Gasteiger charge is -2.46. The van der Waals surface area contributed by atoms with E-state index in [0.717, 1.165) is 12.2 Å². The van der Waals surface area contributed by atoms with Crippen LogP contribution in [-0.4, -0.2) is 30.3 Å². The van der Waals surface area contributed by atoms with Gasteiger partial charge in [0, 0.05) is 17.3 Å². The molecule has 7 rings (SSSR count). The highest BCUT2D eigenvalue weighted by Gasteiger charge is 2.89. The maximum atomic E-state index is 13.0. The summed E-state index contributed by atoms with van der Waals surface area (Å²) in [6.07, 6.45) is 0.680. The van der Waals surface area contributed by atoms with Crippen molar-refractivity contribution in [3.63, 3.8) is 0 Å². The average Bonchev–Trinajstić information content (AvgIpc) is 3.58. The summed E-state index contributed by atoms with van der Waals surface area (Å²) in [5, 5.41) is 0. The molecule has 5 nitrogen and oxygen atoms in total. The summed E-state index contributed by atoms with van der Waals surface area (Å²) < 4.78 is 18.4. The molecule has 1 saturated heterocycles. The normalized spacial score (nSPS) is 31.6. The Morgan fingerprint density at radius 3 is 2.13 bits per heavy atom. The first-order valence-corrected chi connectivity index (χ1v) is 15.1. The number of hydrogen-bond acceptors (Lipinski definition) is 5. The Hall–Kier alpha value is -3.25. The topological polar surface area (TPSA) is 61.8 Å². The SMILES string of the molecule is CCC(C)(C)C(=O)OC1C2OC(=O)C3C(Oc4ccc([S+](c5ccccc5)c5ccccc5)cc4)C4CC41C23. The molecule has 3 saturated carbocycles. The maximum Gasteiger partial charge on any atom is 0.313 e. The molecule has 0 radical (unpaired) electrons. The number of carbonyl (C=O) groups excluding carboxylic acids is 2. The van der Waals surface area contributed by atoms with Crippen molar-refractivity contribution in [2.24, 2.45) is 28.6 Å². The Kier molecular flexibility index (Phi) is 5.64. The largest absolute Gasteiger partial charge is 0.489 e. The third-order valence-corrected chi connectivity index (χ3v) is 11.8. The van der Waals surface area contributed by atoms with Crippen LogP contribution in [0.4, 0.5) is 0 Å². The van der Waals surface area contributed by atoms with Crippen molar-refractivity contribution in [1.82, 2.24) is 0 Å². The van der Waals surface area contributed by atoms with Crippen molar-refractivity contribution in [3.8, 4) is 5.75 Å². The smallest absolute Gasteiger partial charge is 0.313 e. The number of carbonyl (C=O) groups is 2. The molecular weight excluding hydrogens is 508 g/mol. The Balaban J connectivity index is 1.12. The van der Waals surface area contributed by atoms with E-state index in [4.69, 9.17) is 14.2 Å². The minimum atomic E-state index is -0.553. The van der Waals surface area contributed by atoms with E-state index in [2.05, 4.69) is 60.7 Å². The maximum absolute atomic E-state index is 13.0. The van der Waals surface area contributed by atoms with E-state index >= 15 is 0 Å². The van der Waals surface area contributed by atoms with E-state index < -0.39 is 5.41 Å². The third-order valence-electron chi connectivity index (χ3n) is 9.53. The van der Waals surface area contributed by atoms with Gasteiger partial charge in [-0.25, -0.2) is 0 Å². The number of ether oxygens (including phenoxy) is 3. The molecule has 4 fully saturated rings. The second kappa shape index (κ2) is 8.88. The number of esters is 2. The predicted octanol–water partition coefficient (Wildman–Crippen LogP) is 6.07. The Morgan fingerprint density at radius 1 is 0.949 bits per heavy atom. The summed E-state index contributed by atoms with van der Waals surface area (Å²) in [7, 11) is -0.233. The monoisotopic (exact) mass is 541 g/mol. The first kappa shape index (κ1) is 24.8. The number of benzene rings is 3. The fourth-order valence-electron chi connectivity index (χ4n) is 7.03. The molecule has 7 unspecified atom stereocenters. The molecule has 3 aliphatic carbocycles. The van der Waals surface area contributed by atoms with Crippen molar-refractivity contribution in [2.45, 2.75) is 66.6 Å². The molecule has 3 aromatic carbocycles. The van der Waals surface area contributed by atoms with Crippen LogP contribution >= 0.6 is 0 Å². The second-order valence-electron chi connectivity index (χ2n) is 11.9. The molecule has 200 valence electrons. The van der Waals surface area contributed by atoms with Gasteiger partial charge in [0.1, 0.15) is 30.0 Å². The van der Waals surface area contributed by atoms with E-state index in [1.807, 2.05) is 45.0 Å². The standard InChI is InChI=1S/C33H33O5S/c1-4-32(2,3)31(35)38-29-28-26-25(30(34)37-28)27(24-19-33(24,26)29)36-20-15-17-23(18-16-20)39(21-11-7-5-8-12-21)22-13-9-6-10-14-22/h5-18,24-29H,4,19H2,1-3H3/q+1. The Bertz CT molecular complexity index is 1370. The van der Waals surface area contributed by atoms with E-state index in [1.54, 1.807) is 0 Å². The van der Waals surface area contributed by atoms with Crippen molar-refractivity contribution in [1.29, 1.82) is 0 Å². The molecule has 7 atom stereocenters. The fraction of sp³-hybridized carbons (Fsp3) is 0.394. The summed E-state index contributed by atoms with van der Waals surface area (Å²) in [5.74, 6) is 0.353. The van der Waals surface area contributed by atoms with Crippen LogP contribution in [0.5, 0.6) is 5.75 Å². The van der Waals surface area contributed by atoms with Crippen molar-refractivity contribution >= 4 is 22.8 Å². The van der Waals surface area contributed by atoms with Crippen molar-refractivity contribution in [3.05, 3.63) is 84.9 Å². The van der Waals surface area contributed by atoms with Gasteiger partial charge in [-0.15, -0.1) is 0 Å². The third kappa shape index (κ3) is 3.67. The molecule has 3 aromatic rings. The minimum Gasteiger partial charge on any atom is -0.489 e. The van der Waals surface area contributed by atoms with Gasteiger partial charge >= 0.3 is 11.9 Å². The molecule has 1 aliphatic heterocycles. The molecule has 4 aliphatic rings. The van der Waals surface area contributed by atoms with Gasteiger partial charge in [-0.2, -0.15) is 0 Å². The average molecular weight is 542 g/mol. The molecule has 0 N–H and O–H groups in total. The summed E-state index contributed by atoms with van der Waals surface area (Å²) >= 11 is 0. The summed E-state index contributed by atoms with van der Waals surface area (Å²) in [5.41, 5.74) is -0.721. The van der Waals surface area contributed by atoms with E-state index in [9.17, 15) is 9.59 Å². The van der Waals surface area contributed by atoms with Gasteiger partial charge in [0.25, 0.3) is 0 Å². The molecule has 39 heavy (non-hydrogen) atoms. The van der Waals surface area contributed by atoms with Crippen molar-refractivity contribution < 1.29 is 23.8 Å². The molecule has 1 spiro atoms. The number of rotatable bonds is 8. The summed E-state index contributed by atoms with van der Waals surface area (Å²) in [4.78, 5) is 29.6. The highest BCUT2D eigenvalue weighted by molar-refractivity contribution is 7.97. The van der Waals surface area contributed by atoms with Crippen LogP contribution in [-0.2, 0) is 30.0 Å². The summed E-state index contributed by atoms with van der Waals surface area (Å²) in [6, 6.07) is 29.4. The molecule has 0 aromatic heterocycles. The molecule has 6 heteroatoms. The van der Waals surface area contributed by atoms with Crippen LogP contribution in [0, 0.1) is 28.6 Å². The Labute approximate surface area is 232 Å². The van der Waals surface area contributed by atoms with Crippen LogP contribution in [0.3, 0.4) is 0 Å². The van der Waals surface area contributed by atoms with Crippen LogP contribution in [0.15, 0.2) is 99.6 Å². The highest BCUT2D eigenvalue weighted by atomic mass is 32.2. The lowest BCUT2D eigenvalue weighted by Crippen LogP contribution is -2.58. The van der Waals surface area contributed by atoms with Crippen LogP contribution < -0.4 is 4.74 Å². The first-order chi connectivity index (χ1) is 18.8. The fourth-order valence-corrected chi connectivity index (χ4v) is 9.11. The van der Waals surface area contributed by atoms with E-state index in [-0.39, 0.29) is 64.3 Å². The zero-order valence-electron chi connectivity index (χ0n) is 22.4. The highest BCUT2D eigenvalue weighted by Crippen LogP contribution is 2.81. The zero-order chi connectivity index (χ0) is 26.9. The van der Waals surface area contributed by atoms with E-state index in [0.29, 0.717) is 6.42 Å². The van der Waals surface area contributed by atoms with Crippen molar-refractivity contribution in [2.75, 3.05) is 0 Å². The molecule has 0 amide bonds. The molecule has 1 heterocycles. The molecule has 0 bridgehead atoms. The predicted molar refractivity (Wildman–Crippen MR) is 147 cm³/mol. The first-order valence-electron chi connectivity index (χ1n) is 13.9. The van der Waals surface area contributed by atoms with Gasteiger partial charge in [-0.3, -0.25) is 9.59 Å². The van der Waals surface area contributed by atoms with Gasteiger partial charge in [0.15, 0.2) is 14.7 Å². The zero-order valence-corrected chi connectivity index (χ0v) is 23.2. The minimum absolute atomic E-state index is 0.0869. The van der Waals surface area contributed by atoms with Crippen LogP contribution in [0.25, 0.3) is 0 Å². The summed E-state index contributed by atoms with van der Waals surface area (Å²) in [6.45, 7) is 5.80. The quantitative estimate of drug-likeness (QED) is 0.256. The van der Waals surface area contributed by atoms with Gasteiger partial charge in [-0.1, -0.05) is 43.3 Å².